The van der Waals surface area contributed by atoms with Crippen molar-refractivity contribution in [1.29, 1.82) is 0 Å². The molecule has 2 atom stereocenters. The molecular weight excluding hydrogens is 276 g/mol. The SMILES string of the molecule is CC(N(C)C(=O)NC(C(=O)O)c1cccs1)C(C)(C)C. The maximum atomic E-state index is 12.2. The fraction of sp³-hybridized carbons (Fsp3) is 0.571. The second-order valence-corrected chi connectivity index (χ2v) is 6.87. The molecule has 0 aliphatic carbocycles. The zero-order valence-electron chi connectivity index (χ0n) is 12.5. The summed E-state index contributed by atoms with van der Waals surface area (Å²) >= 11 is 1.31. The molecule has 112 valence electrons. The van der Waals surface area contributed by atoms with E-state index in [2.05, 4.69) is 5.32 Å². The molecule has 1 aromatic rings. The van der Waals surface area contributed by atoms with E-state index in [1.54, 1.807) is 29.5 Å². The van der Waals surface area contributed by atoms with E-state index < -0.39 is 12.0 Å². The van der Waals surface area contributed by atoms with E-state index in [-0.39, 0.29) is 17.5 Å². The van der Waals surface area contributed by atoms with E-state index in [1.165, 1.54) is 11.3 Å². The van der Waals surface area contributed by atoms with Crippen LogP contribution in [0.4, 0.5) is 4.79 Å². The predicted octanol–water partition coefficient (Wildman–Crippen LogP) is 2.95. The largest absolute Gasteiger partial charge is 0.479 e. The highest BCUT2D eigenvalue weighted by molar-refractivity contribution is 7.10. The van der Waals surface area contributed by atoms with Crippen molar-refractivity contribution >= 4 is 23.3 Å². The van der Waals surface area contributed by atoms with E-state index >= 15 is 0 Å². The fourth-order valence-corrected chi connectivity index (χ4v) is 2.46. The van der Waals surface area contributed by atoms with E-state index in [0.29, 0.717) is 4.88 Å². The highest BCUT2D eigenvalue weighted by atomic mass is 32.1. The van der Waals surface area contributed by atoms with Gasteiger partial charge >= 0.3 is 12.0 Å². The van der Waals surface area contributed by atoms with Crippen LogP contribution < -0.4 is 5.32 Å². The van der Waals surface area contributed by atoms with Crippen molar-refractivity contribution in [3.8, 4) is 0 Å². The number of carbonyl (C=O) groups is 2. The van der Waals surface area contributed by atoms with E-state index in [9.17, 15) is 14.7 Å². The number of aliphatic carboxylic acids is 1. The molecule has 0 aromatic carbocycles. The molecule has 1 heterocycles. The van der Waals surface area contributed by atoms with Gasteiger partial charge in [-0.2, -0.15) is 0 Å². The molecular formula is C14H22N2O3S. The summed E-state index contributed by atoms with van der Waals surface area (Å²) in [5.41, 5.74) is -0.0757. The molecule has 0 spiro atoms. The van der Waals surface area contributed by atoms with Crippen LogP contribution in [0.25, 0.3) is 0 Å². The standard InChI is InChI=1S/C14H22N2O3S/c1-9(14(2,3)4)16(5)13(19)15-11(12(17)18)10-7-6-8-20-10/h6-9,11H,1-5H3,(H,15,19)(H,17,18). The Hall–Kier alpha value is -1.56. The summed E-state index contributed by atoms with van der Waals surface area (Å²) in [5.74, 6) is -1.06. The molecule has 0 saturated heterocycles. The lowest BCUT2D eigenvalue weighted by Crippen LogP contribution is -2.49. The topological polar surface area (TPSA) is 69.6 Å². The van der Waals surface area contributed by atoms with Gasteiger partial charge in [0.05, 0.1) is 0 Å². The van der Waals surface area contributed by atoms with Crippen LogP contribution in [0.15, 0.2) is 17.5 Å². The summed E-state index contributed by atoms with van der Waals surface area (Å²) in [7, 11) is 1.68. The number of rotatable bonds is 4. The third kappa shape index (κ3) is 3.96. The van der Waals surface area contributed by atoms with Crippen LogP contribution in [0.2, 0.25) is 0 Å². The summed E-state index contributed by atoms with van der Waals surface area (Å²) in [4.78, 5) is 25.7. The molecule has 2 N–H and O–H groups in total. The fourth-order valence-electron chi connectivity index (χ4n) is 1.69. The average molecular weight is 298 g/mol. The number of carboxylic acids is 1. The minimum Gasteiger partial charge on any atom is -0.479 e. The summed E-state index contributed by atoms with van der Waals surface area (Å²) in [6.07, 6.45) is 0. The first kappa shape index (κ1) is 16.5. The maximum Gasteiger partial charge on any atom is 0.331 e. The van der Waals surface area contributed by atoms with Crippen LogP contribution in [0.3, 0.4) is 0 Å². The van der Waals surface area contributed by atoms with Gasteiger partial charge in [0.25, 0.3) is 0 Å². The number of nitrogens with zero attached hydrogens (tertiary/aromatic N) is 1. The number of nitrogens with one attached hydrogen (secondary N) is 1. The third-order valence-corrected chi connectivity index (χ3v) is 4.43. The van der Waals surface area contributed by atoms with Gasteiger partial charge < -0.3 is 15.3 Å². The molecule has 1 aromatic heterocycles. The van der Waals surface area contributed by atoms with Crippen LogP contribution in [0.1, 0.15) is 38.6 Å². The van der Waals surface area contributed by atoms with E-state index in [1.807, 2.05) is 27.7 Å². The zero-order valence-corrected chi connectivity index (χ0v) is 13.3. The van der Waals surface area contributed by atoms with E-state index in [4.69, 9.17) is 0 Å². The third-order valence-electron chi connectivity index (χ3n) is 3.50. The Labute approximate surface area is 123 Å². The van der Waals surface area contributed by atoms with Crippen LogP contribution in [0.5, 0.6) is 0 Å². The van der Waals surface area contributed by atoms with Crippen LogP contribution in [0, 0.1) is 5.41 Å². The van der Waals surface area contributed by atoms with Gasteiger partial charge in [-0.25, -0.2) is 9.59 Å². The van der Waals surface area contributed by atoms with Crippen molar-refractivity contribution in [3.05, 3.63) is 22.4 Å². The normalized spacial score (nSPS) is 14.4. The van der Waals surface area contributed by atoms with Crippen LogP contribution in [-0.2, 0) is 4.79 Å². The van der Waals surface area contributed by atoms with Crippen LogP contribution >= 0.6 is 11.3 Å². The first-order valence-electron chi connectivity index (χ1n) is 6.44. The highest BCUT2D eigenvalue weighted by Gasteiger charge is 2.30. The summed E-state index contributed by atoms with van der Waals surface area (Å²) in [6, 6.07) is 2.08. The Bertz CT molecular complexity index is 465. The van der Waals surface area contributed by atoms with Crippen molar-refractivity contribution in [2.45, 2.75) is 39.8 Å². The van der Waals surface area contributed by atoms with Gasteiger partial charge in [0.2, 0.25) is 0 Å². The molecule has 5 nitrogen and oxygen atoms in total. The van der Waals surface area contributed by atoms with Gasteiger partial charge in [-0.3, -0.25) is 0 Å². The second-order valence-electron chi connectivity index (χ2n) is 5.89. The molecule has 0 fully saturated rings. The number of hydrogen-bond donors (Lipinski definition) is 2. The van der Waals surface area contributed by atoms with Crippen molar-refractivity contribution in [2.75, 3.05) is 7.05 Å². The van der Waals surface area contributed by atoms with Crippen molar-refractivity contribution in [1.82, 2.24) is 10.2 Å². The van der Waals surface area contributed by atoms with Gasteiger partial charge in [-0.15, -0.1) is 11.3 Å². The summed E-state index contributed by atoms with van der Waals surface area (Å²) in [5, 5.41) is 13.6. The molecule has 0 bridgehead atoms. The number of thiophene rings is 1. The van der Waals surface area contributed by atoms with Gasteiger partial charge in [0, 0.05) is 18.0 Å². The Morgan fingerprint density at radius 2 is 2.00 bits per heavy atom. The van der Waals surface area contributed by atoms with Gasteiger partial charge in [0.1, 0.15) is 0 Å². The number of amides is 2. The number of urea groups is 1. The Balaban J connectivity index is 2.80. The molecule has 6 heteroatoms. The average Bonchev–Trinajstić information content (AvgIpc) is 2.85. The monoisotopic (exact) mass is 298 g/mol. The number of carbonyl (C=O) groups excluding carboxylic acids is 1. The molecule has 1 rings (SSSR count). The zero-order chi connectivity index (χ0) is 15.5. The molecule has 2 amide bonds. The summed E-state index contributed by atoms with van der Waals surface area (Å²) < 4.78 is 0. The highest BCUT2D eigenvalue weighted by Crippen LogP contribution is 2.24. The first-order valence-corrected chi connectivity index (χ1v) is 7.32. The lowest BCUT2D eigenvalue weighted by Gasteiger charge is -2.35. The Kier molecular flexibility index (Phi) is 5.16. The first-order chi connectivity index (χ1) is 9.14. The smallest absolute Gasteiger partial charge is 0.331 e. The van der Waals surface area contributed by atoms with Crippen molar-refractivity contribution < 1.29 is 14.7 Å². The molecule has 0 aliphatic rings. The molecule has 2 unspecified atom stereocenters. The number of hydrogen-bond acceptors (Lipinski definition) is 3. The van der Waals surface area contributed by atoms with Gasteiger partial charge in [-0.05, 0) is 23.8 Å². The quantitative estimate of drug-likeness (QED) is 0.898. The summed E-state index contributed by atoms with van der Waals surface area (Å²) in [6.45, 7) is 8.06. The number of carboxylic acid groups (broad SMARTS) is 1. The maximum absolute atomic E-state index is 12.2. The lowest BCUT2D eigenvalue weighted by molar-refractivity contribution is -0.139. The Morgan fingerprint density at radius 1 is 1.40 bits per heavy atom. The van der Waals surface area contributed by atoms with Gasteiger partial charge in [0.15, 0.2) is 6.04 Å². The molecule has 0 aliphatic heterocycles. The van der Waals surface area contributed by atoms with Crippen molar-refractivity contribution in [3.63, 3.8) is 0 Å². The molecule has 0 saturated carbocycles. The predicted molar refractivity (Wildman–Crippen MR) is 79.9 cm³/mol. The molecule has 0 radical (unpaired) electrons. The van der Waals surface area contributed by atoms with E-state index in [0.717, 1.165) is 0 Å². The minimum absolute atomic E-state index is 0.0136. The van der Waals surface area contributed by atoms with Gasteiger partial charge in [-0.1, -0.05) is 26.8 Å². The Morgan fingerprint density at radius 3 is 2.40 bits per heavy atom. The van der Waals surface area contributed by atoms with Crippen molar-refractivity contribution in [2.24, 2.45) is 5.41 Å². The lowest BCUT2D eigenvalue weighted by atomic mass is 9.87. The van der Waals surface area contributed by atoms with Crippen LogP contribution in [-0.4, -0.2) is 35.1 Å². The molecule has 20 heavy (non-hydrogen) atoms. The minimum atomic E-state index is -1.06. The second kappa shape index (κ2) is 6.26.